The molecule has 1 aliphatic heterocycles. The summed E-state index contributed by atoms with van der Waals surface area (Å²) in [6.45, 7) is 2.14. The van der Waals surface area contributed by atoms with Crippen LogP contribution in [0.3, 0.4) is 0 Å². The van der Waals surface area contributed by atoms with Crippen molar-refractivity contribution in [2.75, 3.05) is 32.7 Å². The third-order valence-corrected chi connectivity index (χ3v) is 8.17. The molecule has 1 saturated heterocycles. The van der Waals surface area contributed by atoms with Gasteiger partial charge in [-0.3, -0.25) is 9.69 Å². The Kier molecular flexibility index (Phi) is 5.84. The number of sulfonamides is 1. The second-order valence-corrected chi connectivity index (χ2v) is 10.7. The maximum atomic E-state index is 12.9. The van der Waals surface area contributed by atoms with E-state index in [1.165, 1.54) is 15.6 Å². The Morgan fingerprint density at radius 2 is 1.86 bits per heavy atom. The molecule has 1 saturated carbocycles. The number of benzene rings is 1. The average molecular weight is 485 g/mol. The van der Waals surface area contributed by atoms with Crippen LogP contribution in [-0.4, -0.2) is 67.3 Å². The molecule has 4 rings (SSSR count). The Bertz CT molecular complexity index is 949. The van der Waals surface area contributed by atoms with Gasteiger partial charge in [0.25, 0.3) is 10.0 Å². The highest BCUT2D eigenvalue weighted by atomic mass is 79.9. The third-order valence-electron chi connectivity index (χ3n) is 4.82. The molecule has 2 heterocycles. The fourth-order valence-corrected chi connectivity index (χ4v) is 5.82. The van der Waals surface area contributed by atoms with E-state index in [-0.39, 0.29) is 10.9 Å². The summed E-state index contributed by atoms with van der Waals surface area (Å²) >= 11 is 4.72. The van der Waals surface area contributed by atoms with E-state index in [0.29, 0.717) is 43.8 Å². The third kappa shape index (κ3) is 4.62. The lowest BCUT2D eigenvalue weighted by Gasteiger charge is -2.33. The number of nitrogens with one attached hydrogen (secondary N) is 1. The van der Waals surface area contributed by atoms with Crippen LogP contribution in [0.2, 0.25) is 0 Å². The molecule has 1 aliphatic carbocycles. The standard InChI is InChI=1S/C18H21BrN4O3S2/c19-14-3-1-13(2-4-14)18-21-17(12-27-18)28(25,26)23-9-7-22(8-10-23)11-16(24)20-15-5-6-15/h1-4,12,15H,5-11H2,(H,20,24). The van der Waals surface area contributed by atoms with E-state index in [2.05, 4.69) is 26.2 Å². The second-order valence-electron chi connectivity index (χ2n) is 7.02. The topological polar surface area (TPSA) is 82.6 Å². The van der Waals surface area contributed by atoms with Crippen LogP contribution in [0.25, 0.3) is 10.6 Å². The Labute approximate surface area is 176 Å². The van der Waals surface area contributed by atoms with Gasteiger partial charge in [0.1, 0.15) is 5.01 Å². The number of halogens is 1. The van der Waals surface area contributed by atoms with E-state index in [1.807, 2.05) is 29.2 Å². The van der Waals surface area contributed by atoms with Crippen LogP contribution >= 0.6 is 27.3 Å². The minimum absolute atomic E-state index is 0.0254. The molecule has 2 aromatic rings. The molecule has 2 aliphatic rings. The maximum Gasteiger partial charge on any atom is 0.261 e. The van der Waals surface area contributed by atoms with E-state index >= 15 is 0 Å². The van der Waals surface area contributed by atoms with Crippen LogP contribution in [0.5, 0.6) is 0 Å². The van der Waals surface area contributed by atoms with E-state index in [9.17, 15) is 13.2 Å². The van der Waals surface area contributed by atoms with Gasteiger partial charge in [-0.2, -0.15) is 4.31 Å². The molecule has 2 fully saturated rings. The van der Waals surface area contributed by atoms with E-state index in [1.54, 1.807) is 5.38 Å². The highest BCUT2D eigenvalue weighted by Gasteiger charge is 2.31. The average Bonchev–Trinajstić information content (AvgIpc) is 3.33. The number of piperazine rings is 1. The van der Waals surface area contributed by atoms with Gasteiger partial charge in [0.05, 0.1) is 6.54 Å². The van der Waals surface area contributed by atoms with Crippen molar-refractivity contribution in [3.63, 3.8) is 0 Å². The minimum atomic E-state index is -3.62. The lowest BCUT2D eigenvalue weighted by atomic mass is 10.2. The second kappa shape index (κ2) is 8.19. The van der Waals surface area contributed by atoms with Gasteiger partial charge in [-0.05, 0) is 25.0 Å². The summed E-state index contributed by atoms with van der Waals surface area (Å²) in [5, 5.41) is 5.34. The molecule has 0 spiro atoms. The first-order valence-corrected chi connectivity index (χ1v) is 12.3. The van der Waals surface area contributed by atoms with Crippen molar-refractivity contribution in [3.05, 3.63) is 34.1 Å². The summed E-state index contributed by atoms with van der Waals surface area (Å²) in [7, 11) is -3.62. The van der Waals surface area contributed by atoms with Crippen molar-refractivity contribution in [2.45, 2.75) is 23.9 Å². The lowest BCUT2D eigenvalue weighted by Crippen LogP contribution is -2.51. The van der Waals surface area contributed by atoms with Gasteiger partial charge >= 0.3 is 0 Å². The molecule has 1 aromatic carbocycles. The van der Waals surface area contributed by atoms with Crippen molar-refractivity contribution in [2.24, 2.45) is 0 Å². The van der Waals surface area contributed by atoms with Crippen LogP contribution in [0.15, 0.2) is 39.1 Å². The van der Waals surface area contributed by atoms with Crippen molar-refractivity contribution >= 4 is 43.2 Å². The highest BCUT2D eigenvalue weighted by molar-refractivity contribution is 9.10. The van der Waals surface area contributed by atoms with Crippen LogP contribution in [0, 0.1) is 0 Å². The normalized spacial score (nSPS) is 18.9. The molecule has 0 atom stereocenters. The number of hydrogen-bond donors (Lipinski definition) is 1. The zero-order valence-electron chi connectivity index (χ0n) is 15.2. The molecule has 10 heteroatoms. The molecule has 150 valence electrons. The quantitative estimate of drug-likeness (QED) is 0.678. The number of thiazole rings is 1. The number of aromatic nitrogens is 1. The molecule has 1 amide bonds. The Morgan fingerprint density at radius 1 is 1.18 bits per heavy atom. The van der Waals surface area contributed by atoms with Gasteiger partial charge in [0.15, 0.2) is 5.03 Å². The van der Waals surface area contributed by atoms with Gasteiger partial charge in [-0.25, -0.2) is 13.4 Å². The smallest absolute Gasteiger partial charge is 0.261 e. The zero-order chi connectivity index (χ0) is 19.7. The van der Waals surface area contributed by atoms with Crippen LogP contribution < -0.4 is 5.32 Å². The molecule has 0 radical (unpaired) electrons. The lowest BCUT2D eigenvalue weighted by molar-refractivity contribution is -0.122. The van der Waals surface area contributed by atoms with Crippen molar-refractivity contribution < 1.29 is 13.2 Å². The molecular formula is C18H21BrN4O3S2. The predicted molar refractivity (Wildman–Crippen MR) is 112 cm³/mol. The van der Waals surface area contributed by atoms with Crippen molar-refractivity contribution in [1.82, 2.24) is 19.5 Å². The van der Waals surface area contributed by atoms with E-state index < -0.39 is 10.0 Å². The number of nitrogens with zero attached hydrogens (tertiary/aromatic N) is 3. The first-order valence-electron chi connectivity index (χ1n) is 9.15. The maximum absolute atomic E-state index is 12.9. The summed E-state index contributed by atoms with van der Waals surface area (Å²) in [4.78, 5) is 18.3. The SMILES string of the molecule is O=C(CN1CCN(S(=O)(=O)c2csc(-c3ccc(Br)cc3)n2)CC1)NC1CC1. The Balaban J connectivity index is 1.37. The summed E-state index contributed by atoms with van der Waals surface area (Å²) in [6, 6.07) is 7.97. The number of carbonyl (C=O) groups is 1. The van der Waals surface area contributed by atoms with E-state index in [4.69, 9.17) is 0 Å². The molecule has 1 aromatic heterocycles. The van der Waals surface area contributed by atoms with E-state index in [0.717, 1.165) is 22.9 Å². The van der Waals surface area contributed by atoms with Crippen LogP contribution in [0.1, 0.15) is 12.8 Å². The van der Waals surface area contributed by atoms with Gasteiger partial charge < -0.3 is 5.32 Å². The number of carbonyl (C=O) groups excluding carboxylic acids is 1. The first-order chi connectivity index (χ1) is 13.4. The molecule has 28 heavy (non-hydrogen) atoms. The van der Waals surface area contributed by atoms with Crippen molar-refractivity contribution in [1.29, 1.82) is 0 Å². The fourth-order valence-electron chi connectivity index (χ4n) is 3.07. The van der Waals surface area contributed by atoms with Crippen LogP contribution in [-0.2, 0) is 14.8 Å². The summed E-state index contributed by atoms with van der Waals surface area (Å²) in [5.41, 5.74) is 0.890. The highest BCUT2D eigenvalue weighted by Crippen LogP contribution is 2.28. The first kappa shape index (κ1) is 20.0. The molecule has 7 nitrogen and oxygen atoms in total. The molecule has 1 N–H and O–H groups in total. The van der Waals surface area contributed by atoms with Crippen molar-refractivity contribution in [3.8, 4) is 10.6 Å². The summed E-state index contributed by atoms with van der Waals surface area (Å²) in [5.74, 6) is 0.0254. The summed E-state index contributed by atoms with van der Waals surface area (Å²) < 4.78 is 28.3. The van der Waals surface area contributed by atoms with Crippen LogP contribution in [0.4, 0.5) is 0 Å². The van der Waals surface area contributed by atoms with Gasteiger partial charge in [-0.1, -0.05) is 28.1 Å². The van der Waals surface area contributed by atoms with Gasteiger partial charge in [-0.15, -0.1) is 11.3 Å². The van der Waals surface area contributed by atoms with Gasteiger partial charge in [0.2, 0.25) is 5.91 Å². The van der Waals surface area contributed by atoms with Gasteiger partial charge in [0, 0.05) is 47.6 Å². The largest absolute Gasteiger partial charge is 0.352 e. The molecule has 0 unspecified atom stereocenters. The molecule has 0 bridgehead atoms. The Morgan fingerprint density at radius 3 is 2.50 bits per heavy atom. The monoisotopic (exact) mass is 484 g/mol. The number of rotatable bonds is 6. The number of amides is 1. The Hall–Kier alpha value is -1.33. The summed E-state index contributed by atoms with van der Waals surface area (Å²) in [6.07, 6.45) is 2.13. The number of hydrogen-bond acceptors (Lipinski definition) is 6. The zero-order valence-corrected chi connectivity index (χ0v) is 18.4. The molecular weight excluding hydrogens is 464 g/mol. The predicted octanol–water partition coefficient (Wildman–Crippen LogP) is 2.16. The minimum Gasteiger partial charge on any atom is -0.352 e. The fraction of sp³-hybridized carbons (Fsp3) is 0.444.